The average molecular weight is 407 g/mol. The average Bonchev–Trinajstić information content (AvgIpc) is 2.98. The Balaban J connectivity index is 1.77. The molecule has 0 aliphatic carbocycles. The number of fused-ring (bicyclic) bond motifs is 1. The number of nitrogens with zero attached hydrogens (tertiary/aromatic N) is 1. The summed E-state index contributed by atoms with van der Waals surface area (Å²) in [7, 11) is 5.53. The van der Waals surface area contributed by atoms with Crippen LogP contribution in [0.4, 0.5) is 4.39 Å². The van der Waals surface area contributed by atoms with Gasteiger partial charge >= 0.3 is 0 Å². The van der Waals surface area contributed by atoms with Crippen LogP contribution in [-0.2, 0) is 0 Å². The summed E-state index contributed by atoms with van der Waals surface area (Å²) in [5.41, 5.74) is 1.06. The van der Waals surface area contributed by atoms with E-state index in [1.54, 1.807) is 13.2 Å². The number of benzene rings is 2. The molecule has 1 unspecified atom stereocenters. The van der Waals surface area contributed by atoms with E-state index >= 15 is 0 Å². The van der Waals surface area contributed by atoms with Crippen LogP contribution in [0.25, 0.3) is 10.1 Å². The fraction of sp³-hybridized carbons (Fsp3) is 0.250. The predicted octanol–water partition coefficient (Wildman–Crippen LogP) is 4.74. The molecule has 4 nitrogen and oxygen atoms in total. The summed E-state index contributed by atoms with van der Waals surface area (Å²) in [6, 6.07) is 12.1. The van der Waals surface area contributed by atoms with Gasteiger partial charge in [-0.25, -0.2) is 4.39 Å². The molecule has 0 radical (unpaired) electrons. The lowest BCUT2D eigenvalue weighted by Gasteiger charge is -2.25. The Kier molecular flexibility index (Phi) is 5.99. The van der Waals surface area contributed by atoms with Gasteiger partial charge in [-0.1, -0.05) is 23.7 Å². The number of rotatable bonds is 6. The number of likely N-dealkylation sites (N-methyl/N-ethyl adjacent to an activating group) is 1. The molecule has 0 spiro atoms. The fourth-order valence-electron chi connectivity index (χ4n) is 2.88. The Morgan fingerprint density at radius 1 is 1.26 bits per heavy atom. The van der Waals surface area contributed by atoms with Crippen LogP contribution in [0.2, 0.25) is 5.02 Å². The first kappa shape index (κ1) is 19.6. The summed E-state index contributed by atoms with van der Waals surface area (Å²) in [5, 5.41) is 3.99. The summed E-state index contributed by atoms with van der Waals surface area (Å²) in [4.78, 5) is 15.1. The van der Waals surface area contributed by atoms with E-state index < -0.39 is 0 Å². The third-order valence-corrected chi connectivity index (χ3v) is 6.03. The minimum atomic E-state index is -0.348. The summed E-state index contributed by atoms with van der Waals surface area (Å²) in [6.07, 6.45) is 0. The monoisotopic (exact) mass is 406 g/mol. The number of carbonyl (C=O) groups excluding carboxylic acids is 1. The second-order valence-corrected chi connectivity index (χ2v) is 7.78. The molecule has 0 saturated carbocycles. The molecule has 2 aromatic carbocycles. The Hall–Kier alpha value is -2.15. The lowest BCUT2D eigenvalue weighted by atomic mass is 10.1. The molecule has 1 amide bonds. The van der Waals surface area contributed by atoms with E-state index in [0.717, 1.165) is 11.3 Å². The number of methoxy groups -OCH3 is 1. The number of carbonyl (C=O) groups is 1. The molecule has 27 heavy (non-hydrogen) atoms. The predicted molar refractivity (Wildman–Crippen MR) is 109 cm³/mol. The van der Waals surface area contributed by atoms with Gasteiger partial charge in [-0.15, -0.1) is 11.3 Å². The topological polar surface area (TPSA) is 41.6 Å². The number of amides is 1. The Morgan fingerprint density at radius 3 is 2.59 bits per heavy atom. The second-order valence-electron chi connectivity index (χ2n) is 6.35. The smallest absolute Gasteiger partial charge is 0.262 e. The fourth-order valence-corrected chi connectivity index (χ4v) is 4.34. The molecule has 1 N–H and O–H groups in total. The first-order chi connectivity index (χ1) is 12.9. The van der Waals surface area contributed by atoms with Gasteiger partial charge in [0, 0.05) is 16.6 Å². The third-order valence-electron chi connectivity index (χ3n) is 4.38. The molecule has 3 aromatic rings. The van der Waals surface area contributed by atoms with E-state index in [1.807, 2.05) is 43.3 Å². The van der Waals surface area contributed by atoms with Gasteiger partial charge in [0.05, 0.1) is 18.2 Å². The SMILES string of the molecule is COc1ccc(C(CNC(=O)c2sc3cc(F)ccc3c2Cl)N(C)C)cc1. The maximum absolute atomic E-state index is 13.4. The number of ether oxygens (including phenoxy) is 1. The summed E-state index contributed by atoms with van der Waals surface area (Å²) in [5.74, 6) is 0.172. The first-order valence-electron chi connectivity index (χ1n) is 8.37. The first-order valence-corrected chi connectivity index (χ1v) is 9.56. The molecule has 0 saturated heterocycles. The summed E-state index contributed by atoms with van der Waals surface area (Å²) < 4.78 is 19.3. The zero-order chi connectivity index (χ0) is 19.6. The highest BCUT2D eigenvalue weighted by Gasteiger charge is 2.20. The number of hydrogen-bond donors (Lipinski definition) is 1. The lowest BCUT2D eigenvalue weighted by molar-refractivity contribution is 0.0946. The van der Waals surface area contributed by atoms with Crippen molar-refractivity contribution in [3.05, 3.63) is 63.7 Å². The van der Waals surface area contributed by atoms with Crippen LogP contribution in [-0.4, -0.2) is 38.6 Å². The molecule has 0 bridgehead atoms. The highest BCUT2D eigenvalue weighted by Crippen LogP contribution is 2.35. The van der Waals surface area contributed by atoms with Gasteiger partial charge in [0.2, 0.25) is 0 Å². The van der Waals surface area contributed by atoms with Gasteiger partial charge in [-0.05, 0) is 50.0 Å². The Bertz CT molecular complexity index is 957. The van der Waals surface area contributed by atoms with Crippen LogP contribution in [0, 0.1) is 5.82 Å². The number of nitrogens with one attached hydrogen (secondary N) is 1. The van der Waals surface area contributed by atoms with E-state index in [-0.39, 0.29) is 17.8 Å². The van der Waals surface area contributed by atoms with Crippen molar-refractivity contribution in [2.75, 3.05) is 27.7 Å². The molecule has 0 fully saturated rings. The van der Waals surface area contributed by atoms with E-state index in [4.69, 9.17) is 16.3 Å². The van der Waals surface area contributed by atoms with Crippen molar-refractivity contribution < 1.29 is 13.9 Å². The lowest BCUT2D eigenvalue weighted by Crippen LogP contribution is -2.34. The van der Waals surface area contributed by atoms with Crippen LogP contribution in [0.1, 0.15) is 21.3 Å². The molecule has 1 atom stereocenters. The molecule has 3 rings (SSSR count). The Morgan fingerprint density at radius 2 is 1.96 bits per heavy atom. The summed E-state index contributed by atoms with van der Waals surface area (Å²) in [6.45, 7) is 0.414. The zero-order valence-electron chi connectivity index (χ0n) is 15.3. The normalized spacial score (nSPS) is 12.4. The zero-order valence-corrected chi connectivity index (χ0v) is 16.8. The maximum Gasteiger partial charge on any atom is 0.262 e. The van der Waals surface area contributed by atoms with Crippen molar-refractivity contribution >= 4 is 38.9 Å². The van der Waals surface area contributed by atoms with Gasteiger partial charge in [0.1, 0.15) is 16.4 Å². The van der Waals surface area contributed by atoms with Crippen LogP contribution >= 0.6 is 22.9 Å². The molecule has 1 aromatic heterocycles. The standard InChI is InChI=1S/C20H20ClFN2O2S/c1-24(2)16(12-4-7-14(26-3)8-5-12)11-23-20(25)19-18(21)15-9-6-13(22)10-17(15)27-19/h4-10,16H,11H2,1-3H3,(H,23,25). The van der Waals surface area contributed by atoms with Crippen LogP contribution in [0.5, 0.6) is 5.75 Å². The number of hydrogen-bond acceptors (Lipinski definition) is 4. The van der Waals surface area contributed by atoms with Gasteiger partial charge in [-0.3, -0.25) is 4.79 Å². The van der Waals surface area contributed by atoms with E-state index in [2.05, 4.69) is 5.32 Å². The number of halogens is 2. The molecular formula is C20H20ClFN2O2S. The van der Waals surface area contributed by atoms with E-state index in [9.17, 15) is 9.18 Å². The third kappa shape index (κ3) is 4.24. The van der Waals surface area contributed by atoms with Gasteiger partial charge in [-0.2, -0.15) is 0 Å². The largest absolute Gasteiger partial charge is 0.497 e. The van der Waals surface area contributed by atoms with Crippen molar-refractivity contribution in [2.45, 2.75) is 6.04 Å². The summed E-state index contributed by atoms with van der Waals surface area (Å²) >= 11 is 7.53. The van der Waals surface area contributed by atoms with Crippen LogP contribution < -0.4 is 10.1 Å². The molecule has 0 aliphatic rings. The van der Waals surface area contributed by atoms with Crippen molar-refractivity contribution in [3.63, 3.8) is 0 Å². The van der Waals surface area contributed by atoms with Gasteiger partial charge in [0.15, 0.2) is 0 Å². The van der Waals surface area contributed by atoms with E-state index in [1.165, 1.54) is 23.5 Å². The van der Waals surface area contributed by atoms with Gasteiger partial charge in [0.25, 0.3) is 5.91 Å². The van der Waals surface area contributed by atoms with Crippen molar-refractivity contribution in [1.82, 2.24) is 10.2 Å². The number of thiophene rings is 1. The molecule has 1 heterocycles. The Labute approximate surface area is 166 Å². The molecule has 142 valence electrons. The van der Waals surface area contributed by atoms with Gasteiger partial charge < -0.3 is 15.0 Å². The molecule has 7 heteroatoms. The van der Waals surface area contributed by atoms with E-state index in [0.29, 0.717) is 26.5 Å². The van der Waals surface area contributed by atoms with Crippen molar-refractivity contribution in [3.8, 4) is 5.75 Å². The highest BCUT2D eigenvalue weighted by atomic mass is 35.5. The van der Waals surface area contributed by atoms with Crippen LogP contribution in [0.15, 0.2) is 42.5 Å². The van der Waals surface area contributed by atoms with Crippen LogP contribution in [0.3, 0.4) is 0 Å². The van der Waals surface area contributed by atoms with Crippen molar-refractivity contribution in [2.24, 2.45) is 0 Å². The maximum atomic E-state index is 13.4. The highest BCUT2D eigenvalue weighted by molar-refractivity contribution is 7.21. The molecule has 0 aliphatic heterocycles. The second kappa shape index (κ2) is 8.25. The minimum Gasteiger partial charge on any atom is -0.497 e. The van der Waals surface area contributed by atoms with Crippen molar-refractivity contribution in [1.29, 1.82) is 0 Å². The quantitative estimate of drug-likeness (QED) is 0.643. The minimum absolute atomic E-state index is 0.00884. The molecular weight excluding hydrogens is 387 g/mol.